The van der Waals surface area contributed by atoms with Crippen molar-refractivity contribution in [2.75, 3.05) is 20.8 Å². The summed E-state index contributed by atoms with van der Waals surface area (Å²) < 4.78 is 17.1. The molecule has 2 rings (SSSR count). The SMILES string of the molecule is C#Cc1ccc(-c2ccc(OCCCCCCCCCCCC)cc2OC)c(OC)c1. The number of hydrogen-bond donors (Lipinski definition) is 0. The highest BCUT2D eigenvalue weighted by molar-refractivity contribution is 5.77. The largest absolute Gasteiger partial charge is 0.496 e. The van der Waals surface area contributed by atoms with Gasteiger partial charge in [-0.15, -0.1) is 6.42 Å². The molecule has 0 saturated heterocycles. The maximum absolute atomic E-state index is 5.97. The molecule has 2 aromatic carbocycles. The van der Waals surface area contributed by atoms with Crippen LogP contribution in [-0.2, 0) is 0 Å². The van der Waals surface area contributed by atoms with Gasteiger partial charge in [0.25, 0.3) is 0 Å². The Morgan fingerprint density at radius 2 is 1.26 bits per heavy atom. The van der Waals surface area contributed by atoms with Crippen LogP contribution in [0.3, 0.4) is 0 Å². The Balaban J connectivity index is 1.80. The van der Waals surface area contributed by atoms with Gasteiger partial charge in [-0.1, -0.05) is 70.6 Å². The highest BCUT2D eigenvalue weighted by atomic mass is 16.5. The topological polar surface area (TPSA) is 27.7 Å². The van der Waals surface area contributed by atoms with Crippen LogP contribution >= 0.6 is 0 Å². The fraction of sp³-hybridized carbons (Fsp3) is 0.500. The molecule has 0 radical (unpaired) electrons. The number of rotatable bonds is 15. The van der Waals surface area contributed by atoms with Gasteiger partial charge >= 0.3 is 0 Å². The first-order valence-corrected chi connectivity index (χ1v) is 11.7. The van der Waals surface area contributed by atoms with Crippen molar-refractivity contribution < 1.29 is 14.2 Å². The summed E-state index contributed by atoms with van der Waals surface area (Å²) in [6.45, 7) is 3.00. The van der Waals surface area contributed by atoms with E-state index in [1.165, 1.54) is 57.8 Å². The molecule has 2 aromatic rings. The molecule has 3 heteroatoms. The minimum Gasteiger partial charge on any atom is -0.496 e. The quantitative estimate of drug-likeness (QED) is 0.218. The molecule has 0 unspecified atom stereocenters. The molecular weight excluding hydrogens is 384 g/mol. The van der Waals surface area contributed by atoms with Gasteiger partial charge in [0.1, 0.15) is 17.2 Å². The second-order valence-corrected chi connectivity index (χ2v) is 7.95. The fourth-order valence-corrected chi connectivity index (χ4v) is 3.77. The van der Waals surface area contributed by atoms with Gasteiger partial charge in [-0.3, -0.25) is 0 Å². The van der Waals surface area contributed by atoms with Gasteiger partial charge < -0.3 is 14.2 Å². The second kappa shape index (κ2) is 14.4. The fourth-order valence-electron chi connectivity index (χ4n) is 3.77. The van der Waals surface area contributed by atoms with E-state index < -0.39 is 0 Å². The Kier molecular flexibility index (Phi) is 11.5. The van der Waals surface area contributed by atoms with E-state index >= 15 is 0 Å². The summed E-state index contributed by atoms with van der Waals surface area (Å²) in [4.78, 5) is 0. The molecule has 0 aliphatic rings. The lowest BCUT2D eigenvalue weighted by molar-refractivity contribution is 0.302. The molecule has 0 aliphatic carbocycles. The highest BCUT2D eigenvalue weighted by Gasteiger charge is 2.13. The molecule has 0 N–H and O–H groups in total. The molecule has 0 aromatic heterocycles. The average molecular weight is 423 g/mol. The van der Waals surface area contributed by atoms with Crippen molar-refractivity contribution in [3.63, 3.8) is 0 Å². The van der Waals surface area contributed by atoms with Gasteiger partial charge in [0.15, 0.2) is 0 Å². The van der Waals surface area contributed by atoms with E-state index in [2.05, 4.69) is 12.8 Å². The van der Waals surface area contributed by atoms with Crippen molar-refractivity contribution in [1.29, 1.82) is 0 Å². The Hall–Kier alpha value is -2.60. The molecular formula is C28H38O3. The molecule has 31 heavy (non-hydrogen) atoms. The van der Waals surface area contributed by atoms with Crippen molar-refractivity contribution in [3.05, 3.63) is 42.0 Å². The van der Waals surface area contributed by atoms with E-state index in [1.54, 1.807) is 14.2 Å². The van der Waals surface area contributed by atoms with Crippen molar-refractivity contribution in [2.45, 2.75) is 71.1 Å². The van der Waals surface area contributed by atoms with Gasteiger partial charge in [-0.05, 0) is 36.8 Å². The van der Waals surface area contributed by atoms with Crippen LogP contribution in [-0.4, -0.2) is 20.8 Å². The maximum Gasteiger partial charge on any atom is 0.130 e. The molecule has 0 saturated carbocycles. The molecule has 0 fully saturated rings. The van der Waals surface area contributed by atoms with Gasteiger partial charge in [-0.25, -0.2) is 0 Å². The van der Waals surface area contributed by atoms with Crippen molar-refractivity contribution in [2.24, 2.45) is 0 Å². The zero-order chi connectivity index (χ0) is 22.3. The van der Waals surface area contributed by atoms with Crippen LogP contribution < -0.4 is 14.2 Å². The van der Waals surface area contributed by atoms with E-state index in [4.69, 9.17) is 20.6 Å². The number of methoxy groups -OCH3 is 2. The first kappa shape index (κ1) is 24.7. The van der Waals surface area contributed by atoms with Crippen LogP contribution in [0.5, 0.6) is 17.2 Å². The van der Waals surface area contributed by atoms with E-state index in [0.717, 1.165) is 47.0 Å². The second-order valence-electron chi connectivity index (χ2n) is 7.95. The smallest absolute Gasteiger partial charge is 0.130 e. The predicted octanol–water partition coefficient (Wildman–Crippen LogP) is 7.65. The van der Waals surface area contributed by atoms with Crippen LogP contribution in [0.1, 0.15) is 76.7 Å². The van der Waals surface area contributed by atoms with Crippen molar-refractivity contribution >= 4 is 0 Å². The number of benzene rings is 2. The van der Waals surface area contributed by atoms with E-state index in [-0.39, 0.29) is 0 Å². The van der Waals surface area contributed by atoms with Crippen LogP contribution in [0.25, 0.3) is 11.1 Å². The van der Waals surface area contributed by atoms with Crippen LogP contribution in [0.2, 0.25) is 0 Å². The molecule has 0 spiro atoms. The lowest BCUT2D eigenvalue weighted by atomic mass is 10.0. The molecule has 0 aliphatic heterocycles. The third kappa shape index (κ3) is 8.21. The summed E-state index contributed by atoms with van der Waals surface area (Å²) in [6, 6.07) is 11.7. The number of ether oxygens (including phenoxy) is 3. The first-order chi connectivity index (χ1) is 15.2. The third-order valence-corrected chi connectivity index (χ3v) is 5.60. The molecule has 0 atom stereocenters. The van der Waals surface area contributed by atoms with Crippen LogP contribution in [0, 0.1) is 12.3 Å². The zero-order valence-corrected chi connectivity index (χ0v) is 19.5. The molecule has 0 amide bonds. The van der Waals surface area contributed by atoms with Crippen LogP contribution in [0.4, 0.5) is 0 Å². The Bertz CT molecular complexity index is 819. The van der Waals surface area contributed by atoms with Gasteiger partial charge in [0.05, 0.1) is 20.8 Å². The van der Waals surface area contributed by atoms with Crippen LogP contribution in [0.15, 0.2) is 36.4 Å². The van der Waals surface area contributed by atoms with Crippen molar-refractivity contribution in [3.8, 4) is 40.7 Å². The van der Waals surface area contributed by atoms with Gasteiger partial charge in [0, 0.05) is 22.8 Å². The molecule has 3 nitrogen and oxygen atoms in total. The predicted molar refractivity (Wildman–Crippen MR) is 130 cm³/mol. The van der Waals surface area contributed by atoms with E-state index in [9.17, 15) is 0 Å². The average Bonchev–Trinajstić information content (AvgIpc) is 2.82. The third-order valence-electron chi connectivity index (χ3n) is 5.60. The summed E-state index contributed by atoms with van der Waals surface area (Å²) >= 11 is 0. The normalized spacial score (nSPS) is 10.5. The maximum atomic E-state index is 5.97. The molecule has 0 bridgehead atoms. The summed E-state index contributed by atoms with van der Waals surface area (Å²) in [5, 5.41) is 0. The highest BCUT2D eigenvalue weighted by Crippen LogP contribution is 2.38. The van der Waals surface area contributed by atoms with E-state index in [0.29, 0.717) is 0 Å². The Morgan fingerprint density at radius 3 is 1.84 bits per heavy atom. The molecule has 168 valence electrons. The van der Waals surface area contributed by atoms with Crippen molar-refractivity contribution in [1.82, 2.24) is 0 Å². The number of terminal acetylenes is 1. The summed E-state index contributed by atoms with van der Waals surface area (Å²) in [5.41, 5.74) is 2.69. The minimum absolute atomic E-state index is 0.729. The zero-order valence-electron chi connectivity index (χ0n) is 19.5. The molecule has 0 heterocycles. The lowest BCUT2D eigenvalue weighted by Gasteiger charge is -2.14. The number of hydrogen-bond acceptors (Lipinski definition) is 3. The summed E-state index contributed by atoms with van der Waals surface area (Å²) in [5.74, 6) is 4.96. The summed E-state index contributed by atoms with van der Waals surface area (Å²) in [6.07, 6.45) is 18.7. The first-order valence-electron chi connectivity index (χ1n) is 11.7. The number of unbranched alkanes of at least 4 members (excludes halogenated alkanes) is 9. The van der Waals surface area contributed by atoms with Gasteiger partial charge in [0.2, 0.25) is 0 Å². The monoisotopic (exact) mass is 422 g/mol. The lowest BCUT2D eigenvalue weighted by Crippen LogP contribution is -1.99. The van der Waals surface area contributed by atoms with Gasteiger partial charge in [-0.2, -0.15) is 0 Å². The minimum atomic E-state index is 0.729. The standard InChI is InChI=1S/C28H38O3/c1-5-7-8-9-10-11-12-13-14-15-20-31-24-17-19-26(28(22-24)30-4)25-18-16-23(6-2)21-27(25)29-3/h2,16-19,21-22H,5,7-15,20H2,1,3-4H3. The van der Waals surface area contributed by atoms with E-state index in [1.807, 2.05) is 36.4 Å². The Morgan fingerprint density at radius 1 is 0.710 bits per heavy atom. The summed E-state index contributed by atoms with van der Waals surface area (Å²) in [7, 11) is 3.32. The Labute approximate surface area is 189 Å².